The van der Waals surface area contributed by atoms with Crippen LogP contribution in [0, 0.1) is 23.4 Å². The number of hydrogen-bond donors (Lipinski definition) is 2. The number of anilines is 1. The molecule has 0 radical (unpaired) electrons. The van der Waals surface area contributed by atoms with Crippen LogP contribution in [0.5, 0.6) is 0 Å². The predicted octanol–water partition coefficient (Wildman–Crippen LogP) is 6.50. The summed E-state index contributed by atoms with van der Waals surface area (Å²) in [5.41, 5.74) is -0.136. The van der Waals surface area contributed by atoms with Crippen molar-refractivity contribution in [3.63, 3.8) is 0 Å². The Balaban J connectivity index is 1.74. The maximum absolute atomic E-state index is 15.1. The van der Waals surface area contributed by atoms with E-state index in [1.165, 1.54) is 0 Å². The number of carbonyl (C=O) groups is 2. The van der Waals surface area contributed by atoms with Gasteiger partial charge in [-0.3, -0.25) is 10.1 Å². The van der Waals surface area contributed by atoms with Crippen LogP contribution in [-0.2, 0) is 20.9 Å². The van der Waals surface area contributed by atoms with Gasteiger partial charge in [-0.1, -0.05) is 38.8 Å². The van der Waals surface area contributed by atoms with E-state index in [9.17, 15) is 18.4 Å². The largest absolute Gasteiger partial charge is 0.490 e. The molecule has 1 aromatic heterocycles. The van der Waals surface area contributed by atoms with Crippen LogP contribution in [0.25, 0.3) is 17.3 Å². The molecule has 38 heavy (non-hydrogen) atoms. The van der Waals surface area contributed by atoms with Crippen molar-refractivity contribution in [1.82, 2.24) is 4.98 Å². The summed E-state index contributed by atoms with van der Waals surface area (Å²) in [6.07, 6.45) is 2.64. The normalized spacial score (nSPS) is 11.6. The van der Waals surface area contributed by atoms with E-state index in [0.29, 0.717) is 24.2 Å². The Labute approximate surface area is 221 Å². The molecule has 0 fully saturated rings. The molecular weight excluding hydrogens is 521 g/mol. The third-order valence-corrected chi connectivity index (χ3v) is 6.65. The van der Waals surface area contributed by atoms with Crippen LogP contribution in [-0.4, -0.2) is 35.7 Å². The van der Waals surface area contributed by atoms with Crippen LogP contribution in [0.15, 0.2) is 41.5 Å². The number of ether oxygens (including phenoxy) is 2. The third kappa shape index (κ3) is 6.99. The van der Waals surface area contributed by atoms with Gasteiger partial charge in [-0.2, -0.15) is 0 Å². The number of aromatic nitrogens is 1. The van der Waals surface area contributed by atoms with Gasteiger partial charge in [-0.05, 0) is 24.1 Å². The van der Waals surface area contributed by atoms with E-state index in [-0.39, 0.29) is 28.6 Å². The van der Waals surface area contributed by atoms with E-state index in [0.717, 1.165) is 43.4 Å². The van der Waals surface area contributed by atoms with Gasteiger partial charge >= 0.3 is 5.97 Å². The van der Waals surface area contributed by atoms with Gasteiger partial charge in [0.1, 0.15) is 17.5 Å². The molecule has 0 saturated heterocycles. The number of amides is 1. The molecule has 11 heteroatoms. The van der Waals surface area contributed by atoms with Crippen molar-refractivity contribution in [2.24, 2.45) is 5.92 Å². The molecule has 0 aliphatic heterocycles. The molecular formula is C27H27F3N2O5S. The number of halogens is 3. The zero-order valence-corrected chi connectivity index (χ0v) is 21.8. The molecule has 0 spiro atoms. The molecule has 2 N–H and O–H groups in total. The first-order valence-electron chi connectivity index (χ1n) is 11.8. The molecule has 2 aromatic carbocycles. The van der Waals surface area contributed by atoms with Gasteiger partial charge in [0.05, 0.1) is 19.4 Å². The summed E-state index contributed by atoms with van der Waals surface area (Å²) in [6.45, 7) is 4.81. The maximum Gasteiger partial charge on any atom is 0.371 e. The van der Waals surface area contributed by atoms with Crippen molar-refractivity contribution in [1.29, 1.82) is 0 Å². The number of rotatable bonds is 12. The summed E-state index contributed by atoms with van der Waals surface area (Å²) in [6, 6.07) is 6.40. The van der Waals surface area contributed by atoms with Crippen molar-refractivity contribution in [3.8, 4) is 11.3 Å². The SMILES string of the molecule is CCC(CC)COCc1cccc(-c2csc(NC(=O)c3cc(F)c(/C=C(\OC)C(=O)O)c(F)c3)n2)c1F. The minimum Gasteiger partial charge on any atom is -0.490 e. The second-order valence-electron chi connectivity index (χ2n) is 8.34. The highest BCUT2D eigenvalue weighted by molar-refractivity contribution is 7.14. The van der Waals surface area contributed by atoms with Crippen molar-refractivity contribution < 1.29 is 37.3 Å². The lowest BCUT2D eigenvalue weighted by Crippen LogP contribution is -2.13. The molecule has 1 heterocycles. The summed E-state index contributed by atoms with van der Waals surface area (Å²) < 4.78 is 54.4. The summed E-state index contributed by atoms with van der Waals surface area (Å²) in [4.78, 5) is 27.9. The van der Waals surface area contributed by atoms with Crippen molar-refractivity contribution >= 4 is 34.4 Å². The zero-order valence-electron chi connectivity index (χ0n) is 21.0. The number of carboxylic acids is 1. The van der Waals surface area contributed by atoms with Crippen LogP contribution in [0.1, 0.15) is 48.2 Å². The van der Waals surface area contributed by atoms with Gasteiger partial charge in [0.15, 0.2) is 5.13 Å². The van der Waals surface area contributed by atoms with Crippen LogP contribution >= 0.6 is 11.3 Å². The minimum atomic E-state index is -1.51. The van der Waals surface area contributed by atoms with Crippen LogP contribution < -0.4 is 5.32 Å². The fourth-order valence-electron chi connectivity index (χ4n) is 3.57. The van der Waals surface area contributed by atoms with E-state index >= 15 is 4.39 Å². The molecule has 0 aliphatic carbocycles. The van der Waals surface area contributed by atoms with E-state index in [2.05, 4.69) is 28.9 Å². The molecule has 0 atom stereocenters. The summed E-state index contributed by atoms with van der Waals surface area (Å²) in [5, 5.41) is 13.1. The second-order valence-corrected chi connectivity index (χ2v) is 9.20. The highest BCUT2D eigenvalue weighted by atomic mass is 32.1. The predicted molar refractivity (Wildman–Crippen MR) is 138 cm³/mol. The Kier molecular flexibility index (Phi) is 10.0. The van der Waals surface area contributed by atoms with Crippen molar-refractivity contribution in [3.05, 3.63) is 75.6 Å². The lowest BCUT2D eigenvalue weighted by atomic mass is 10.1. The van der Waals surface area contributed by atoms with Crippen LogP contribution in [0.4, 0.5) is 18.3 Å². The average Bonchev–Trinajstić information content (AvgIpc) is 3.35. The fourth-order valence-corrected chi connectivity index (χ4v) is 4.27. The number of nitrogens with zero attached hydrogens (tertiary/aromatic N) is 1. The topological polar surface area (TPSA) is 97.8 Å². The van der Waals surface area contributed by atoms with E-state index in [1.54, 1.807) is 23.6 Å². The first kappa shape index (κ1) is 28.9. The van der Waals surface area contributed by atoms with Gasteiger partial charge in [-0.15, -0.1) is 11.3 Å². The van der Waals surface area contributed by atoms with E-state index in [1.807, 2.05) is 0 Å². The molecule has 0 unspecified atom stereocenters. The summed E-state index contributed by atoms with van der Waals surface area (Å²) >= 11 is 1.02. The highest BCUT2D eigenvalue weighted by Gasteiger charge is 2.19. The number of thiazole rings is 1. The highest BCUT2D eigenvalue weighted by Crippen LogP contribution is 2.29. The van der Waals surface area contributed by atoms with Gasteiger partial charge in [-0.25, -0.2) is 22.9 Å². The van der Waals surface area contributed by atoms with Gasteiger partial charge in [0, 0.05) is 40.3 Å². The Morgan fingerprint density at radius 2 is 1.84 bits per heavy atom. The number of hydrogen-bond acceptors (Lipinski definition) is 6. The molecule has 7 nitrogen and oxygen atoms in total. The molecule has 0 aliphatic rings. The molecule has 1 amide bonds. The Hall–Kier alpha value is -3.70. The minimum absolute atomic E-state index is 0.0946. The number of methoxy groups -OCH3 is 1. The van der Waals surface area contributed by atoms with Gasteiger partial charge in [0.2, 0.25) is 5.76 Å². The summed E-state index contributed by atoms with van der Waals surface area (Å²) in [5.74, 6) is -5.42. The smallest absolute Gasteiger partial charge is 0.371 e. The number of carbonyl (C=O) groups excluding carboxylic acids is 1. The second kappa shape index (κ2) is 13.2. The van der Waals surface area contributed by atoms with E-state index < -0.39 is 40.7 Å². The quantitative estimate of drug-likeness (QED) is 0.198. The molecule has 0 bridgehead atoms. The van der Waals surface area contributed by atoms with Crippen molar-refractivity contribution in [2.75, 3.05) is 19.0 Å². The lowest BCUT2D eigenvalue weighted by molar-refractivity contribution is -0.135. The van der Waals surface area contributed by atoms with Gasteiger partial charge in [0.25, 0.3) is 5.91 Å². The zero-order chi connectivity index (χ0) is 27.8. The molecule has 3 aromatic rings. The third-order valence-electron chi connectivity index (χ3n) is 5.89. The average molecular weight is 549 g/mol. The number of benzene rings is 2. The van der Waals surface area contributed by atoms with Gasteiger partial charge < -0.3 is 14.6 Å². The summed E-state index contributed by atoms with van der Waals surface area (Å²) in [7, 11) is 1.05. The van der Waals surface area contributed by atoms with E-state index in [4.69, 9.17) is 9.84 Å². The van der Waals surface area contributed by atoms with Crippen LogP contribution in [0.2, 0.25) is 0 Å². The number of aliphatic carboxylic acids is 1. The lowest BCUT2D eigenvalue weighted by Gasteiger charge is -2.13. The van der Waals surface area contributed by atoms with Crippen LogP contribution in [0.3, 0.4) is 0 Å². The molecule has 0 saturated carbocycles. The maximum atomic E-state index is 15.1. The molecule has 3 rings (SSSR count). The Morgan fingerprint density at radius 3 is 2.45 bits per heavy atom. The standard InChI is InChI=1S/C27H27F3N2O5S/c1-4-15(5-2)12-37-13-16-7-6-8-18(24(16)30)22-14-38-27(31-22)32-25(33)17-9-20(28)19(21(29)10-17)11-23(36-3)26(34)35/h6-11,14-15H,4-5,12-13H2,1-3H3,(H,34,35)(H,31,32,33)/b23-11-. The number of carboxylic acid groups (broad SMARTS) is 1. The first-order valence-corrected chi connectivity index (χ1v) is 12.7. The Bertz CT molecular complexity index is 1310. The fraction of sp³-hybridized carbons (Fsp3) is 0.296. The first-order chi connectivity index (χ1) is 18.2. The Morgan fingerprint density at radius 1 is 1.16 bits per heavy atom. The monoisotopic (exact) mass is 548 g/mol. The van der Waals surface area contributed by atoms with Crippen molar-refractivity contribution in [2.45, 2.75) is 33.3 Å². The number of nitrogens with one attached hydrogen (secondary N) is 1. The molecule has 202 valence electrons.